The third kappa shape index (κ3) is 2.94. The predicted octanol–water partition coefficient (Wildman–Crippen LogP) is 1.50. The molecule has 168 valence electrons. The first-order valence-electron chi connectivity index (χ1n) is 10.6. The van der Waals surface area contributed by atoms with Crippen LogP contribution >= 0.6 is 0 Å². The summed E-state index contributed by atoms with van der Waals surface area (Å²) in [7, 11) is 0. The second-order valence-electron chi connectivity index (χ2n) is 9.39. The van der Waals surface area contributed by atoms with E-state index in [0.717, 1.165) is 0 Å². The van der Waals surface area contributed by atoms with Crippen molar-refractivity contribution in [1.29, 1.82) is 0 Å². The molecule has 3 N–H and O–H groups in total. The van der Waals surface area contributed by atoms with Crippen molar-refractivity contribution in [2.24, 2.45) is 5.92 Å². The average Bonchev–Trinajstić information content (AvgIpc) is 3.12. The van der Waals surface area contributed by atoms with Gasteiger partial charge < -0.3 is 34.3 Å². The molecule has 4 heterocycles. The van der Waals surface area contributed by atoms with E-state index in [1.54, 1.807) is 6.07 Å². The molecule has 4 aliphatic rings. The monoisotopic (exact) mass is 434 g/mol. The Morgan fingerprint density at radius 1 is 1.19 bits per heavy atom. The van der Waals surface area contributed by atoms with Gasteiger partial charge in [0.15, 0.2) is 12.2 Å². The molecule has 0 saturated carbocycles. The Labute approximate surface area is 178 Å². The number of phenolic OH excluding ortho intramolecular Hbond substituents is 1. The Balaban J connectivity index is 1.56. The lowest BCUT2D eigenvalue weighted by Gasteiger charge is -2.51. The first-order valence-corrected chi connectivity index (χ1v) is 10.6. The zero-order chi connectivity index (χ0) is 22.3. The molecule has 9 nitrogen and oxygen atoms in total. The minimum atomic E-state index is -1.17. The highest BCUT2D eigenvalue weighted by Crippen LogP contribution is 2.54. The van der Waals surface area contributed by atoms with Crippen molar-refractivity contribution in [3.05, 3.63) is 22.8 Å². The number of carbonyl (C=O) groups is 2. The summed E-state index contributed by atoms with van der Waals surface area (Å²) < 4.78 is 23.5. The highest BCUT2D eigenvalue weighted by atomic mass is 16.7. The number of benzene rings is 1. The fourth-order valence-corrected chi connectivity index (χ4v) is 5.59. The maximum Gasteiger partial charge on any atom is 0.343 e. The number of aliphatic hydroxyl groups is 2. The van der Waals surface area contributed by atoms with E-state index in [-0.39, 0.29) is 36.2 Å². The fraction of sp³-hybridized carbons (Fsp3) is 0.636. The lowest BCUT2D eigenvalue weighted by Crippen LogP contribution is -2.59. The van der Waals surface area contributed by atoms with Gasteiger partial charge in [-0.1, -0.05) is 6.92 Å². The number of aromatic hydroxyl groups is 1. The first-order chi connectivity index (χ1) is 14.5. The molecule has 7 atom stereocenters. The molecule has 0 aliphatic carbocycles. The lowest BCUT2D eigenvalue weighted by atomic mass is 9.75. The molecule has 1 aromatic carbocycles. The van der Waals surface area contributed by atoms with Gasteiger partial charge in [-0.25, -0.2) is 9.59 Å². The number of hydrogen-bond donors (Lipinski definition) is 3. The van der Waals surface area contributed by atoms with Crippen LogP contribution < -0.4 is 4.74 Å². The van der Waals surface area contributed by atoms with E-state index in [1.807, 2.05) is 13.8 Å². The molecule has 0 unspecified atom stereocenters. The van der Waals surface area contributed by atoms with E-state index in [4.69, 9.17) is 18.9 Å². The van der Waals surface area contributed by atoms with Gasteiger partial charge in [0.05, 0.1) is 18.6 Å². The average molecular weight is 434 g/mol. The van der Waals surface area contributed by atoms with Gasteiger partial charge in [-0.2, -0.15) is 0 Å². The first kappa shape index (κ1) is 20.5. The van der Waals surface area contributed by atoms with Crippen molar-refractivity contribution in [3.63, 3.8) is 0 Å². The van der Waals surface area contributed by atoms with Crippen molar-refractivity contribution in [2.75, 3.05) is 0 Å². The van der Waals surface area contributed by atoms with E-state index in [1.165, 1.54) is 6.92 Å². The van der Waals surface area contributed by atoms with Crippen LogP contribution in [0.2, 0.25) is 0 Å². The number of cyclic esters (lactones) is 1. The summed E-state index contributed by atoms with van der Waals surface area (Å²) in [6, 6.07) is 1.62. The highest BCUT2D eigenvalue weighted by Gasteiger charge is 2.60. The Morgan fingerprint density at radius 3 is 2.58 bits per heavy atom. The summed E-state index contributed by atoms with van der Waals surface area (Å²) in [6.07, 6.45) is -2.12. The number of carbonyl (C=O) groups excluding carboxylic acids is 2. The summed E-state index contributed by atoms with van der Waals surface area (Å²) in [5, 5.41) is 30.9. The fourth-order valence-electron chi connectivity index (χ4n) is 5.59. The third-order valence-electron chi connectivity index (χ3n) is 6.91. The number of rotatable bonds is 1. The third-order valence-corrected chi connectivity index (χ3v) is 6.91. The number of phenols is 1. The van der Waals surface area contributed by atoms with Crippen LogP contribution in [0.1, 0.15) is 67.6 Å². The van der Waals surface area contributed by atoms with Crippen molar-refractivity contribution in [2.45, 2.75) is 82.3 Å². The maximum atomic E-state index is 12.3. The second kappa shape index (κ2) is 6.57. The van der Waals surface area contributed by atoms with Crippen LogP contribution in [-0.4, -0.2) is 57.0 Å². The minimum absolute atomic E-state index is 0.0543. The molecule has 31 heavy (non-hydrogen) atoms. The van der Waals surface area contributed by atoms with Crippen LogP contribution in [0.3, 0.4) is 0 Å². The Hall–Kier alpha value is -2.36. The Bertz CT molecular complexity index is 972. The van der Waals surface area contributed by atoms with Crippen molar-refractivity contribution in [3.8, 4) is 11.5 Å². The minimum Gasteiger partial charge on any atom is -0.507 e. The topological polar surface area (TPSA) is 132 Å². The molecule has 0 radical (unpaired) electrons. The van der Waals surface area contributed by atoms with Gasteiger partial charge in [0.25, 0.3) is 0 Å². The molecule has 9 heteroatoms. The van der Waals surface area contributed by atoms with Gasteiger partial charge in [-0.15, -0.1) is 0 Å². The maximum absolute atomic E-state index is 12.3. The van der Waals surface area contributed by atoms with Crippen LogP contribution in [0, 0.1) is 5.92 Å². The van der Waals surface area contributed by atoms with E-state index < -0.39 is 41.6 Å². The van der Waals surface area contributed by atoms with Crippen LogP contribution in [0.15, 0.2) is 6.07 Å². The number of fused-ring (bicyclic) bond motifs is 2. The molecule has 0 amide bonds. The van der Waals surface area contributed by atoms with Crippen molar-refractivity contribution >= 4 is 11.9 Å². The number of esters is 2. The summed E-state index contributed by atoms with van der Waals surface area (Å²) in [5.74, 6) is -2.57. The van der Waals surface area contributed by atoms with E-state index >= 15 is 0 Å². The summed E-state index contributed by atoms with van der Waals surface area (Å²) in [4.78, 5) is 24.3. The van der Waals surface area contributed by atoms with Gasteiger partial charge in [-0.05, 0) is 26.3 Å². The summed E-state index contributed by atoms with van der Waals surface area (Å²) in [6.45, 7) is 5.28. The molecule has 4 aliphatic heterocycles. The molecule has 0 bridgehead atoms. The number of ether oxygens (including phenoxy) is 4. The van der Waals surface area contributed by atoms with Crippen LogP contribution in [0.5, 0.6) is 11.5 Å². The Morgan fingerprint density at radius 2 is 1.94 bits per heavy atom. The van der Waals surface area contributed by atoms with Crippen LogP contribution in [0.4, 0.5) is 0 Å². The molecular weight excluding hydrogens is 408 g/mol. The largest absolute Gasteiger partial charge is 0.507 e. The van der Waals surface area contributed by atoms with Gasteiger partial charge in [0, 0.05) is 29.9 Å². The zero-order valence-corrected chi connectivity index (χ0v) is 17.6. The molecule has 2 saturated heterocycles. The molecule has 2 spiro atoms. The van der Waals surface area contributed by atoms with Crippen LogP contribution in [-0.2, 0) is 25.4 Å². The van der Waals surface area contributed by atoms with Crippen LogP contribution in [0.25, 0.3) is 0 Å². The smallest absolute Gasteiger partial charge is 0.343 e. The highest BCUT2D eigenvalue weighted by molar-refractivity contribution is 5.98. The molecular formula is C22H26O9. The Kier molecular flexibility index (Phi) is 4.35. The lowest BCUT2D eigenvalue weighted by molar-refractivity contribution is -0.298. The summed E-state index contributed by atoms with van der Waals surface area (Å²) in [5.41, 5.74) is 0.000190. The quantitative estimate of drug-likeness (QED) is 0.563. The molecule has 2 fully saturated rings. The van der Waals surface area contributed by atoms with Crippen molar-refractivity contribution in [1.82, 2.24) is 0 Å². The summed E-state index contributed by atoms with van der Waals surface area (Å²) >= 11 is 0. The predicted molar refractivity (Wildman–Crippen MR) is 103 cm³/mol. The standard InChI is InChI=1S/C22H26O9/c1-9-4-12-15(5-13-16(17(12)25)20(27)28-18(13)11(3)23)30-22(9)8-21(6-10(2)29-22)7-14(24)19(26)31-21/h5,9-11,14,18,23-25H,4,6-8H2,1-3H3/t9-,10-,11-,14+,18+,21-,22+/m0/s1. The number of hydrogen-bond acceptors (Lipinski definition) is 9. The van der Waals surface area contributed by atoms with E-state index in [2.05, 4.69) is 0 Å². The van der Waals surface area contributed by atoms with Gasteiger partial charge in [-0.3, -0.25) is 0 Å². The normalized spacial score (nSPS) is 39.6. The SMILES string of the molecule is C[C@H](O)[C@H]1OC(=O)c2c1cc1c(c2O)C[C@H](C)[C@@]2(C[C@@]3(C[C@@H](O)C(=O)O3)C[C@H](C)O2)O1. The number of aliphatic hydroxyl groups excluding tert-OH is 2. The zero-order valence-electron chi connectivity index (χ0n) is 17.6. The van der Waals surface area contributed by atoms with E-state index in [0.29, 0.717) is 29.7 Å². The van der Waals surface area contributed by atoms with Gasteiger partial charge in [0.2, 0.25) is 5.79 Å². The van der Waals surface area contributed by atoms with Crippen molar-refractivity contribution < 1.29 is 43.9 Å². The second-order valence-corrected chi connectivity index (χ2v) is 9.39. The van der Waals surface area contributed by atoms with Gasteiger partial charge >= 0.3 is 11.9 Å². The molecule has 5 rings (SSSR count). The van der Waals surface area contributed by atoms with Gasteiger partial charge in [0.1, 0.15) is 22.7 Å². The molecule has 1 aromatic rings. The molecule has 0 aromatic heterocycles. The van der Waals surface area contributed by atoms with E-state index in [9.17, 15) is 24.9 Å².